The highest BCUT2D eigenvalue weighted by Crippen LogP contribution is 2.50. The van der Waals surface area contributed by atoms with Crippen molar-refractivity contribution in [3.8, 4) is 0 Å². The highest BCUT2D eigenvalue weighted by Gasteiger charge is 2.49. The summed E-state index contributed by atoms with van der Waals surface area (Å²) in [6.45, 7) is 4.25. The summed E-state index contributed by atoms with van der Waals surface area (Å²) >= 11 is 2.29. The third-order valence-corrected chi connectivity index (χ3v) is 9.53. The zero-order chi connectivity index (χ0) is 27.1. The molecule has 1 heterocycles. The number of halogens is 1. The molecule has 1 N–H and O–H groups in total. The van der Waals surface area contributed by atoms with Crippen LogP contribution in [0.2, 0.25) is 0 Å². The number of fused-ring (bicyclic) bond motifs is 1. The van der Waals surface area contributed by atoms with E-state index in [4.69, 9.17) is 0 Å². The number of benzene rings is 2. The molecule has 7 heteroatoms. The molecule has 0 amide bonds. The number of aliphatic hydroxyl groups excluding tert-OH is 1. The lowest BCUT2D eigenvalue weighted by Crippen LogP contribution is -2.43. The average Bonchev–Trinajstić information content (AvgIpc) is 2.87. The van der Waals surface area contributed by atoms with Crippen molar-refractivity contribution in [3.05, 3.63) is 57.2 Å². The third-order valence-electron chi connectivity index (χ3n) is 6.86. The van der Waals surface area contributed by atoms with Gasteiger partial charge in [-0.05, 0) is 98.0 Å². The number of anilines is 1. The molecule has 2 aromatic carbocycles. The summed E-state index contributed by atoms with van der Waals surface area (Å²) in [5.74, 6) is -0.374. The molecule has 2 atom stereocenters. The second-order valence-electron chi connectivity index (χ2n) is 10.8. The largest absolute Gasteiger partial charge is 0.392 e. The molecule has 1 aliphatic rings. The Hall–Kier alpha value is -1.16. The number of hydrogen-bond acceptors (Lipinski definition) is 5. The van der Waals surface area contributed by atoms with Gasteiger partial charge < -0.3 is 14.9 Å². The molecule has 202 valence electrons. The van der Waals surface area contributed by atoms with Gasteiger partial charge in [-0.2, -0.15) is 0 Å². The standard InChI is InChI=1S/C26H36INO3S.C3H9N/c1-5-7-14-26(15-8-6-2)18-32(30,31)23-13-12-21(28(3)4)17-22(23)24(25(26)29)19-10-9-11-20(27)16-19;1-4(2)3/h9-13,16-17,24-25,29H,5-8,14-15,18H2,1-4H3;1-3H3/t24-,25-;/m0./s1. The Morgan fingerprint density at radius 3 is 2.06 bits per heavy atom. The first kappa shape index (κ1) is 31.1. The molecule has 0 saturated heterocycles. The van der Waals surface area contributed by atoms with Crippen LogP contribution in [0, 0.1) is 8.99 Å². The summed E-state index contributed by atoms with van der Waals surface area (Å²) in [4.78, 5) is 4.36. The van der Waals surface area contributed by atoms with Crippen LogP contribution in [0.15, 0.2) is 47.4 Å². The molecule has 0 fully saturated rings. The van der Waals surface area contributed by atoms with Crippen LogP contribution < -0.4 is 4.90 Å². The minimum Gasteiger partial charge on any atom is -0.392 e. The van der Waals surface area contributed by atoms with E-state index in [1.165, 1.54) is 0 Å². The number of rotatable bonds is 8. The minimum absolute atomic E-state index is 0.00982. The Balaban J connectivity index is 0.00000106. The Morgan fingerprint density at radius 2 is 1.56 bits per heavy atom. The first-order valence-electron chi connectivity index (χ1n) is 13.0. The average molecular weight is 629 g/mol. The fourth-order valence-corrected chi connectivity index (χ4v) is 7.85. The predicted molar refractivity (Wildman–Crippen MR) is 161 cm³/mol. The number of hydrogen-bond donors (Lipinski definition) is 1. The molecule has 0 saturated carbocycles. The van der Waals surface area contributed by atoms with E-state index in [1.54, 1.807) is 6.07 Å². The Bertz CT molecular complexity index is 1070. The molecule has 2 aromatic rings. The van der Waals surface area contributed by atoms with Crippen molar-refractivity contribution in [2.24, 2.45) is 5.41 Å². The van der Waals surface area contributed by atoms with Gasteiger partial charge in [-0.25, -0.2) is 8.42 Å². The number of sulfone groups is 1. The van der Waals surface area contributed by atoms with Crippen LogP contribution in [0.1, 0.15) is 69.4 Å². The first-order chi connectivity index (χ1) is 16.9. The van der Waals surface area contributed by atoms with Gasteiger partial charge in [0.25, 0.3) is 0 Å². The van der Waals surface area contributed by atoms with E-state index in [9.17, 15) is 13.5 Å². The molecular weight excluding hydrogens is 583 g/mol. The minimum atomic E-state index is -3.55. The highest BCUT2D eigenvalue weighted by atomic mass is 127. The fraction of sp³-hybridized carbons (Fsp3) is 0.586. The van der Waals surface area contributed by atoms with Gasteiger partial charge in [0.2, 0.25) is 0 Å². The second-order valence-corrected chi connectivity index (χ2v) is 14.0. The maximum atomic E-state index is 13.8. The lowest BCUT2D eigenvalue weighted by Gasteiger charge is -2.40. The van der Waals surface area contributed by atoms with Crippen molar-refractivity contribution < 1.29 is 13.5 Å². The Kier molecular flexibility index (Phi) is 11.7. The quantitative estimate of drug-likeness (QED) is 0.354. The van der Waals surface area contributed by atoms with Crippen molar-refractivity contribution in [3.63, 3.8) is 0 Å². The summed E-state index contributed by atoms with van der Waals surface area (Å²) in [5.41, 5.74) is 1.99. The van der Waals surface area contributed by atoms with Crippen LogP contribution in [0.3, 0.4) is 0 Å². The van der Waals surface area contributed by atoms with E-state index < -0.39 is 21.4 Å². The molecule has 5 nitrogen and oxygen atoms in total. The van der Waals surface area contributed by atoms with Crippen molar-refractivity contribution in [2.45, 2.75) is 69.3 Å². The van der Waals surface area contributed by atoms with Gasteiger partial charge in [0.1, 0.15) is 0 Å². The summed E-state index contributed by atoms with van der Waals surface area (Å²) < 4.78 is 28.6. The van der Waals surface area contributed by atoms with Crippen LogP contribution in [0.4, 0.5) is 5.69 Å². The van der Waals surface area contributed by atoms with Crippen LogP contribution in [0.5, 0.6) is 0 Å². The maximum Gasteiger partial charge on any atom is 0.179 e. The van der Waals surface area contributed by atoms with Crippen LogP contribution in [-0.2, 0) is 9.84 Å². The van der Waals surface area contributed by atoms with Crippen molar-refractivity contribution in [1.29, 1.82) is 0 Å². The van der Waals surface area contributed by atoms with E-state index >= 15 is 0 Å². The Morgan fingerprint density at radius 1 is 0.972 bits per heavy atom. The van der Waals surface area contributed by atoms with E-state index in [0.717, 1.165) is 58.9 Å². The lowest BCUT2D eigenvalue weighted by atomic mass is 9.68. The monoisotopic (exact) mass is 628 g/mol. The molecule has 0 unspecified atom stereocenters. The number of nitrogens with zero attached hydrogens (tertiary/aromatic N) is 2. The summed E-state index contributed by atoms with van der Waals surface area (Å²) in [6.07, 6.45) is 4.45. The predicted octanol–water partition coefficient (Wildman–Crippen LogP) is 6.18. The first-order valence-corrected chi connectivity index (χ1v) is 15.7. The molecule has 36 heavy (non-hydrogen) atoms. The van der Waals surface area contributed by atoms with Crippen LogP contribution >= 0.6 is 22.6 Å². The van der Waals surface area contributed by atoms with E-state index in [-0.39, 0.29) is 11.7 Å². The van der Waals surface area contributed by atoms with Crippen molar-refractivity contribution >= 4 is 38.1 Å². The smallest absolute Gasteiger partial charge is 0.179 e. The topological polar surface area (TPSA) is 60.9 Å². The highest BCUT2D eigenvalue weighted by molar-refractivity contribution is 14.1. The van der Waals surface area contributed by atoms with Crippen LogP contribution in [-0.4, -0.2) is 65.5 Å². The molecule has 0 bridgehead atoms. The van der Waals surface area contributed by atoms with Crippen molar-refractivity contribution in [1.82, 2.24) is 4.90 Å². The van der Waals surface area contributed by atoms with Gasteiger partial charge in [-0.15, -0.1) is 0 Å². The lowest BCUT2D eigenvalue weighted by molar-refractivity contribution is 0.0127. The van der Waals surface area contributed by atoms with Gasteiger partial charge in [-0.3, -0.25) is 0 Å². The van der Waals surface area contributed by atoms with E-state index in [0.29, 0.717) is 4.90 Å². The zero-order valence-corrected chi connectivity index (χ0v) is 26.1. The Labute approximate surface area is 233 Å². The SMILES string of the molecule is CCCCC1(CCCC)CS(=O)(=O)c2ccc(N(C)C)cc2[C@H](c2cccc(I)c2)[C@@H]1O.CN(C)C. The van der Waals surface area contributed by atoms with E-state index in [1.807, 2.05) is 75.4 Å². The fourth-order valence-electron chi connectivity index (χ4n) is 5.09. The molecule has 0 aromatic heterocycles. The molecule has 0 aliphatic carbocycles. The van der Waals surface area contributed by atoms with Crippen molar-refractivity contribution in [2.75, 3.05) is 45.9 Å². The molecule has 0 radical (unpaired) electrons. The summed E-state index contributed by atoms with van der Waals surface area (Å²) in [6, 6.07) is 13.7. The van der Waals surface area contributed by atoms with Gasteiger partial charge in [-0.1, -0.05) is 51.7 Å². The normalized spacial score (nSPS) is 20.2. The third kappa shape index (κ3) is 7.68. The maximum absolute atomic E-state index is 13.8. The van der Waals surface area contributed by atoms with Crippen LogP contribution in [0.25, 0.3) is 0 Å². The van der Waals surface area contributed by atoms with E-state index in [2.05, 4.69) is 42.5 Å². The molecule has 3 rings (SSSR count). The van der Waals surface area contributed by atoms with Gasteiger partial charge in [0.15, 0.2) is 9.84 Å². The molecule has 1 aliphatic heterocycles. The summed E-state index contributed by atoms with van der Waals surface area (Å²) in [5, 5.41) is 12.1. The summed E-state index contributed by atoms with van der Waals surface area (Å²) in [7, 11) is 6.36. The molecular formula is C29H45IN2O3S. The zero-order valence-electron chi connectivity index (χ0n) is 23.1. The molecule has 0 spiro atoms. The van der Waals surface area contributed by atoms with Gasteiger partial charge in [0, 0.05) is 34.7 Å². The number of aliphatic hydroxyl groups is 1. The number of unbranched alkanes of at least 4 members (excludes halogenated alkanes) is 2. The second kappa shape index (κ2) is 13.6. The van der Waals surface area contributed by atoms with Gasteiger partial charge in [0.05, 0.1) is 16.8 Å². The van der Waals surface area contributed by atoms with Gasteiger partial charge >= 0.3 is 0 Å².